The molecule has 0 atom stereocenters. The maximum atomic E-state index is 12.0. The number of aromatic nitrogens is 3. The molecule has 0 spiro atoms. The number of thioether (sulfide) groups is 1. The number of rotatable bonds is 5. The Morgan fingerprint density at radius 1 is 1.35 bits per heavy atom. The second kappa shape index (κ2) is 6.01. The lowest BCUT2D eigenvalue weighted by molar-refractivity contribution is -0.131. The largest absolute Gasteiger partial charge is 0.344 e. The third-order valence-electron chi connectivity index (χ3n) is 3.60. The van der Waals surface area contributed by atoms with E-state index < -0.39 is 0 Å². The van der Waals surface area contributed by atoms with Crippen molar-refractivity contribution in [2.75, 3.05) is 31.9 Å². The number of piperazine rings is 1. The summed E-state index contributed by atoms with van der Waals surface area (Å²) in [6.45, 7) is 3.33. The van der Waals surface area contributed by atoms with Gasteiger partial charge < -0.3 is 10.2 Å². The molecule has 0 bridgehead atoms. The second-order valence-electron chi connectivity index (χ2n) is 5.14. The van der Waals surface area contributed by atoms with Crippen molar-refractivity contribution < 1.29 is 4.79 Å². The molecule has 1 saturated carbocycles. The van der Waals surface area contributed by atoms with E-state index >= 15 is 0 Å². The summed E-state index contributed by atoms with van der Waals surface area (Å²) in [5.41, 5.74) is -0.136. The van der Waals surface area contributed by atoms with E-state index in [4.69, 9.17) is 0 Å². The topological polar surface area (TPSA) is 83.0 Å². The van der Waals surface area contributed by atoms with Crippen LogP contribution in [-0.4, -0.2) is 57.5 Å². The molecule has 2 N–H and O–H groups in total. The summed E-state index contributed by atoms with van der Waals surface area (Å²) in [5.74, 6) is 0.856. The lowest BCUT2D eigenvalue weighted by atomic mass is 10.3. The van der Waals surface area contributed by atoms with Crippen LogP contribution in [0.2, 0.25) is 0 Å². The number of nitrogens with one attached hydrogen (secondary N) is 2. The van der Waals surface area contributed by atoms with Crippen LogP contribution in [0.25, 0.3) is 0 Å². The van der Waals surface area contributed by atoms with E-state index in [1.54, 1.807) is 4.57 Å². The Bertz CT molecular complexity index is 530. The number of hydrogen-bond acceptors (Lipinski definition) is 5. The number of carbonyl (C=O) groups is 1. The second-order valence-corrected chi connectivity index (χ2v) is 6.20. The van der Waals surface area contributed by atoms with Gasteiger partial charge in [0.05, 0.1) is 0 Å². The van der Waals surface area contributed by atoms with E-state index in [2.05, 4.69) is 15.5 Å². The third-order valence-corrected chi connectivity index (χ3v) is 4.56. The predicted molar refractivity (Wildman–Crippen MR) is 75.9 cm³/mol. The lowest BCUT2D eigenvalue weighted by Crippen LogP contribution is -2.46. The van der Waals surface area contributed by atoms with Gasteiger partial charge in [0.15, 0.2) is 5.16 Å². The molecule has 1 saturated heterocycles. The molecule has 1 aliphatic carbocycles. The zero-order valence-corrected chi connectivity index (χ0v) is 12.1. The minimum atomic E-state index is -0.136. The van der Waals surface area contributed by atoms with Crippen LogP contribution in [0.3, 0.4) is 0 Å². The van der Waals surface area contributed by atoms with E-state index in [0.717, 1.165) is 39.0 Å². The highest BCUT2D eigenvalue weighted by molar-refractivity contribution is 7.99. The fourth-order valence-corrected chi connectivity index (χ4v) is 3.29. The molecule has 1 aliphatic heterocycles. The fraction of sp³-hybridized carbons (Fsp3) is 0.750. The first kappa shape index (κ1) is 13.7. The number of nitrogens with zero attached hydrogens (tertiary/aromatic N) is 3. The van der Waals surface area contributed by atoms with Crippen molar-refractivity contribution in [2.45, 2.75) is 30.5 Å². The fourth-order valence-electron chi connectivity index (χ4n) is 2.35. The highest BCUT2D eigenvalue weighted by Gasteiger charge is 2.28. The zero-order valence-electron chi connectivity index (χ0n) is 11.3. The van der Waals surface area contributed by atoms with Crippen molar-refractivity contribution in [3.63, 3.8) is 0 Å². The Morgan fingerprint density at radius 3 is 2.80 bits per heavy atom. The normalized spacial score (nSPS) is 19.3. The molecule has 1 amide bonds. The van der Waals surface area contributed by atoms with Crippen LogP contribution < -0.4 is 11.0 Å². The van der Waals surface area contributed by atoms with Crippen molar-refractivity contribution in [2.24, 2.45) is 0 Å². The van der Waals surface area contributed by atoms with Crippen LogP contribution in [0.15, 0.2) is 9.95 Å². The zero-order chi connectivity index (χ0) is 13.9. The Morgan fingerprint density at radius 2 is 2.10 bits per heavy atom. The number of hydrogen-bond donors (Lipinski definition) is 2. The molecule has 8 heteroatoms. The van der Waals surface area contributed by atoms with Crippen LogP contribution in [-0.2, 0) is 4.79 Å². The maximum absolute atomic E-state index is 12.0. The molecule has 110 valence electrons. The molecule has 7 nitrogen and oxygen atoms in total. The summed E-state index contributed by atoms with van der Waals surface area (Å²) in [6.07, 6.45) is 2.59. The van der Waals surface area contributed by atoms with Gasteiger partial charge in [-0.25, -0.2) is 9.89 Å². The van der Waals surface area contributed by atoms with Gasteiger partial charge in [-0.2, -0.15) is 0 Å². The molecular formula is C12H19N5O2S. The maximum Gasteiger partial charge on any atom is 0.344 e. The minimum absolute atomic E-state index is 0.136. The highest BCUT2D eigenvalue weighted by atomic mass is 32.2. The third kappa shape index (κ3) is 3.06. The molecule has 1 aromatic rings. The summed E-state index contributed by atoms with van der Waals surface area (Å²) in [5, 5.41) is 10.5. The number of H-pyrrole nitrogens is 1. The first-order valence-electron chi connectivity index (χ1n) is 7.04. The van der Waals surface area contributed by atoms with Gasteiger partial charge in [0, 0.05) is 44.4 Å². The molecule has 2 aliphatic rings. The van der Waals surface area contributed by atoms with E-state index in [9.17, 15) is 9.59 Å². The Balaban J connectivity index is 1.50. The molecule has 0 aromatic carbocycles. The predicted octanol–water partition coefficient (Wildman–Crippen LogP) is -0.180. The number of amides is 1. The SMILES string of the molecule is O=C(CCSc1n[nH]c(=O)n1C1CC1)N1CCNCC1. The van der Waals surface area contributed by atoms with Gasteiger partial charge in [0.1, 0.15) is 0 Å². The monoisotopic (exact) mass is 297 g/mol. The summed E-state index contributed by atoms with van der Waals surface area (Å²) in [4.78, 5) is 25.5. The average molecular weight is 297 g/mol. The molecule has 2 heterocycles. The molecule has 2 fully saturated rings. The van der Waals surface area contributed by atoms with Gasteiger partial charge in [-0.15, -0.1) is 5.10 Å². The molecule has 1 aromatic heterocycles. The van der Waals surface area contributed by atoms with Gasteiger partial charge in [-0.3, -0.25) is 9.36 Å². The van der Waals surface area contributed by atoms with E-state index in [1.165, 1.54) is 11.8 Å². The van der Waals surface area contributed by atoms with Gasteiger partial charge >= 0.3 is 5.69 Å². The van der Waals surface area contributed by atoms with Gasteiger partial charge in [0.2, 0.25) is 5.91 Å². The molecule has 20 heavy (non-hydrogen) atoms. The molecule has 3 rings (SSSR count). The van der Waals surface area contributed by atoms with E-state index in [0.29, 0.717) is 23.4 Å². The van der Waals surface area contributed by atoms with Crippen molar-refractivity contribution in [3.8, 4) is 0 Å². The lowest BCUT2D eigenvalue weighted by Gasteiger charge is -2.27. The van der Waals surface area contributed by atoms with E-state index in [-0.39, 0.29) is 11.6 Å². The van der Waals surface area contributed by atoms with Crippen LogP contribution in [0.4, 0.5) is 0 Å². The first-order valence-corrected chi connectivity index (χ1v) is 8.02. The summed E-state index contributed by atoms with van der Waals surface area (Å²) in [7, 11) is 0. The van der Waals surface area contributed by atoms with Gasteiger partial charge in [0.25, 0.3) is 0 Å². The molecule has 0 unspecified atom stereocenters. The summed E-state index contributed by atoms with van der Waals surface area (Å²) in [6, 6.07) is 0.313. The van der Waals surface area contributed by atoms with Crippen molar-refractivity contribution in [3.05, 3.63) is 10.5 Å². The van der Waals surface area contributed by atoms with Crippen molar-refractivity contribution in [1.82, 2.24) is 25.0 Å². The van der Waals surface area contributed by atoms with Crippen LogP contribution in [0, 0.1) is 0 Å². The number of aromatic amines is 1. The van der Waals surface area contributed by atoms with Gasteiger partial charge in [-0.1, -0.05) is 11.8 Å². The van der Waals surface area contributed by atoms with Crippen LogP contribution >= 0.6 is 11.8 Å². The Labute approximate surface area is 121 Å². The quantitative estimate of drug-likeness (QED) is 0.737. The molecular weight excluding hydrogens is 278 g/mol. The standard InChI is InChI=1S/C12H19N5O2S/c18-10(16-6-4-13-5-7-16)3-8-20-12-15-14-11(19)17(12)9-1-2-9/h9,13H,1-8H2,(H,14,19). The minimum Gasteiger partial charge on any atom is -0.340 e. The van der Waals surface area contributed by atoms with Crippen LogP contribution in [0.1, 0.15) is 25.3 Å². The highest BCUT2D eigenvalue weighted by Crippen LogP contribution is 2.36. The van der Waals surface area contributed by atoms with Gasteiger partial charge in [-0.05, 0) is 12.8 Å². The Kier molecular flexibility index (Phi) is 4.11. The first-order chi connectivity index (χ1) is 9.75. The van der Waals surface area contributed by atoms with Crippen LogP contribution in [0.5, 0.6) is 0 Å². The van der Waals surface area contributed by atoms with Crippen molar-refractivity contribution >= 4 is 17.7 Å². The van der Waals surface area contributed by atoms with Crippen molar-refractivity contribution in [1.29, 1.82) is 0 Å². The average Bonchev–Trinajstić information content (AvgIpc) is 3.24. The summed E-state index contributed by atoms with van der Waals surface area (Å²) < 4.78 is 1.72. The number of carbonyl (C=O) groups excluding carboxylic acids is 1. The smallest absolute Gasteiger partial charge is 0.340 e. The molecule has 0 radical (unpaired) electrons. The Hall–Kier alpha value is -1.28. The summed E-state index contributed by atoms with van der Waals surface area (Å²) >= 11 is 1.49. The van der Waals surface area contributed by atoms with E-state index in [1.807, 2.05) is 4.90 Å².